The highest BCUT2D eigenvalue weighted by atomic mass is 32.1. The number of thiophene rings is 1. The van der Waals surface area contributed by atoms with Gasteiger partial charge >= 0.3 is 0 Å². The summed E-state index contributed by atoms with van der Waals surface area (Å²) in [4.78, 5) is 20.3. The SMILES string of the molecule is CC(=O)c1cc2ccc(Nc3ccc(CN4CCCC4)cc3)nc2s1. The Kier molecular flexibility index (Phi) is 4.51. The molecule has 1 saturated heterocycles. The Morgan fingerprint density at radius 2 is 1.92 bits per heavy atom. The molecule has 1 aliphatic heterocycles. The third kappa shape index (κ3) is 3.72. The van der Waals surface area contributed by atoms with Crippen LogP contribution in [0.15, 0.2) is 42.5 Å². The topological polar surface area (TPSA) is 45.2 Å². The van der Waals surface area contributed by atoms with E-state index in [0.29, 0.717) is 0 Å². The predicted molar refractivity (Wildman–Crippen MR) is 104 cm³/mol. The van der Waals surface area contributed by atoms with Gasteiger partial charge in [0.25, 0.3) is 0 Å². The van der Waals surface area contributed by atoms with E-state index in [1.54, 1.807) is 6.92 Å². The number of hydrogen-bond donors (Lipinski definition) is 1. The van der Waals surface area contributed by atoms with Crippen LogP contribution in [0.25, 0.3) is 10.2 Å². The molecule has 4 nitrogen and oxygen atoms in total. The molecule has 0 atom stereocenters. The first-order valence-corrected chi connectivity index (χ1v) is 9.49. The van der Waals surface area contributed by atoms with Crippen LogP contribution < -0.4 is 5.32 Å². The van der Waals surface area contributed by atoms with Crippen molar-refractivity contribution in [2.45, 2.75) is 26.3 Å². The van der Waals surface area contributed by atoms with Crippen LogP contribution in [0.2, 0.25) is 0 Å². The number of carbonyl (C=O) groups is 1. The van der Waals surface area contributed by atoms with Crippen molar-refractivity contribution < 1.29 is 4.79 Å². The number of rotatable bonds is 5. The largest absolute Gasteiger partial charge is 0.340 e. The number of carbonyl (C=O) groups excluding carboxylic acids is 1. The van der Waals surface area contributed by atoms with Gasteiger partial charge in [-0.2, -0.15) is 0 Å². The van der Waals surface area contributed by atoms with E-state index in [4.69, 9.17) is 0 Å². The number of fused-ring (bicyclic) bond motifs is 1. The second kappa shape index (κ2) is 6.94. The smallest absolute Gasteiger partial charge is 0.169 e. The van der Waals surface area contributed by atoms with Crippen molar-refractivity contribution in [3.8, 4) is 0 Å². The molecular weight excluding hydrogens is 330 g/mol. The van der Waals surface area contributed by atoms with Crippen molar-refractivity contribution >= 4 is 38.8 Å². The molecule has 128 valence electrons. The van der Waals surface area contributed by atoms with E-state index >= 15 is 0 Å². The number of nitrogens with one attached hydrogen (secondary N) is 1. The Morgan fingerprint density at radius 3 is 2.64 bits per heavy atom. The molecular formula is C20H21N3OS. The van der Waals surface area contributed by atoms with Crippen molar-refractivity contribution in [1.82, 2.24) is 9.88 Å². The van der Waals surface area contributed by atoms with E-state index in [2.05, 4.69) is 39.5 Å². The van der Waals surface area contributed by atoms with Gasteiger partial charge in [-0.15, -0.1) is 11.3 Å². The second-order valence-electron chi connectivity index (χ2n) is 6.56. The van der Waals surface area contributed by atoms with Gasteiger partial charge in [-0.05, 0) is 68.8 Å². The van der Waals surface area contributed by atoms with Gasteiger partial charge in [0.15, 0.2) is 5.78 Å². The molecule has 1 fully saturated rings. The fourth-order valence-electron chi connectivity index (χ4n) is 3.20. The maximum absolute atomic E-state index is 11.5. The highest BCUT2D eigenvalue weighted by Gasteiger charge is 2.11. The van der Waals surface area contributed by atoms with Gasteiger partial charge in [-0.25, -0.2) is 4.98 Å². The predicted octanol–water partition coefficient (Wildman–Crippen LogP) is 4.84. The van der Waals surface area contributed by atoms with Crippen LogP contribution in [0, 0.1) is 0 Å². The maximum atomic E-state index is 11.5. The molecule has 5 heteroatoms. The monoisotopic (exact) mass is 351 g/mol. The first-order valence-electron chi connectivity index (χ1n) is 8.67. The van der Waals surface area contributed by atoms with Crippen molar-refractivity contribution in [2.75, 3.05) is 18.4 Å². The summed E-state index contributed by atoms with van der Waals surface area (Å²) in [5.41, 5.74) is 2.38. The van der Waals surface area contributed by atoms with Crippen LogP contribution in [-0.2, 0) is 6.54 Å². The van der Waals surface area contributed by atoms with Gasteiger partial charge in [0.2, 0.25) is 0 Å². The number of benzene rings is 1. The van der Waals surface area contributed by atoms with Gasteiger partial charge < -0.3 is 5.32 Å². The maximum Gasteiger partial charge on any atom is 0.169 e. The van der Waals surface area contributed by atoms with Crippen LogP contribution in [-0.4, -0.2) is 28.8 Å². The van der Waals surface area contributed by atoms with E-state index in [1.807, 2.05) is 18.2 Å². The number of aromatic nitrogens is 1. The first-order chi connectivity index (χ1) is 12.2. The van der Waals surface area contributed by atoms with Crippen molar-refractivity contribution in [2.24, 2.45) is 0 Å². The molecule has 3 aromatic rings. The van der Waals surface area contributed by atoms with Crippen LogP contribution in [0.4, 0.5) is 11.5 Å². The van der Waals surface area contributed by atoms with Gasteiger partial charge in [0.1, 0.15) is 10.6 Å². The summed E-state index contributed by atoms with van der Waals surface area (Å²) in [7, 11) is 0. The Morgan fingerprint density at radius 1 is 1.16 bits per heavy atom. The zero-order valence-electron chi connectivity index (χ0n) is 14.3. The summed E-state index contributed by atoms with van der Waals surface area (Å²) < 4.78 is 0. The molecule has 1 aliphatic rings. The van der Waals surface area contributed by atoms with Crippen LogP contribution in [0.1, 0.15) is 35.0 Å². The third-order valence-electron chi connectivity index (χ3n) is 4.56. The van der Waals surface area contributed by atoms with Crippen LogP contribution in [0.5, 0.6) is 0 Å². The normalized spacial score (nSPS) is 14.9. The molecule has 0 amide bonds. The minimum atomic E-state index is 0.0890. The molecule has 1 aromatic carbocycles. The molecule has 4 rings (SSSR count). The molecule has 1 N–H and O–H groups in total. The minimum absolute atomic E-state index is 0.0890. The zero-order chi connectivity index (χ0) is 17.2. The lowest BCUT2D eigenvalue weighted by molar-refractivity contribution is 0.102. The summed E-state index contributed by atoms with van der Waals surface area (Å²) in [6.45, 7) is 5.06. The summed E-state index contributed by atoms with van der Waals surface area (Å²) in [6.07, 6.45) is 2.64. The Hall–Kier alpha value is -2.24. The standard InChI is InChI=1S/C20H21N3OS/c1-14(24)18-12-16-6-9-19(22-20(16)25-18)21-17-7-4-15(5-8-17)13-23-10-2-3-11-23/h4-9,12H,2-3,10-11,13H2,1H3,(H,21,22). The number of likely N-dealkylation sites (tertiary alicyclic amines) is 1. The fourth-order valence-corrected chi connectivity index (χ4v) is 4.13. The summed E-state index contributed by atoms with van der Waals surface area (Å²) in [5.74, 6) is 0.892. The van der Waals surface area contributed by atoms with E-state index in [1.165, 1.54) is 42.8 Å². The van der Waals surface area contributed by atoms with E-state index in [0.717, 1.165) is 33.1 Å². The lowest BCUT2D eigenvalue weighted by atomic mass is 10.2. The average Bonchev–Trinajstić information content (AvgIpc) is 3.25. The van der Waals surface area contributed by atoms with E-state index in [-0.39, 0.29) is 5.78 Å². The van der Waals surface area contributed by atoms with Gasteiger partial charge in [0, 0.05) is 17.6 Å². The fraction of sp³-hybridized carbons (Fsp3) is 0.300. The van der Waals surface area contributed by atoms with Crippen LogP contribution >= 0.6 is 11.3 Å². The molecule has 0 spiro atoms. The zero-order valence-corrected chi connectivity index (χ0v) is 15.1. The molecule has 0 aliphatic carbocycles. The molecule has 0 saturated carbocycles. The number of hydrogen-bond acceptors (Lipinski definition) is 5. The number of anilines is 2. The minimum Gasteiger partial charge on any atom is -0.340 e. The van der Waals surface area contributed by atoms with Crippen LogP contribution in [0.3, 0.4) is 0 Å². The first kappa shape index (κ1) is 16.2. The van der Waals surface area contributed by atoms with Crippen molar-refractivity contribution in [1.29, 1.82) is 0 Å². The molecule has 2 aromatic heterocycles. The van der Waals surface area contributed by atoms with Crippen molar-refractivity contribution in [3.63, 3.8) is 0 Å². The third-order valence-corrected chi connectivity index (χ3v) is 5.71. The number of ketones is 1. The van der Waals surface area contributed by atoms with Crippen molar-refractivity contribution in [3.05, 3.63) is 52.9 Å². The van der Waals surface area contributed by atoms with E-state index in [9.17, 15) is 4.79 Å². The van der Waals surface area contributed by atoms with Gasteiger partial charge in [0.05, 0.1) is 4.88 Å². The Labute approximate surface area is 151 Å². The molecule has 0 bridgehead atoms. The number of Topliss-reactive ketones (excluding diaryl/α,β-unsaturated/α-hetero) is 1. The number of pyridine rings is 1. The van der Waals surface area contributed by atoms with E-state index < -0.39 is 0 Å². The molecule has 3 heterocycles. The van der Waals surface area contributed by atoms with Gasteiger partial charge in [-0.1, -0.05) is 12.1 Å². The summed E-state index contributed by atoms with van der Waals surface area (Å²) in [6, 6.07) is 14.4. The molecule has 0 radical (unpaired) electrons. The van der Waals surface area contributed by atoms with Gasteiger partial charge in [-0.3, -0.25) is 9.69 Å². The summed E-state index contributed by atoms with van der Waals surface area (Å²) in [5, 5.41) is 4.37. The highest BCUT2D eigenvalue weighted by molar-refractivity contribution is 7.20. The highest BCUT2D eigenvalue weighted by Crippen LogP contribution is 2.27. The lowest BCUT2D eigenvalue weighted by Gasteiger charge is -2.14. The average molecular weight is 351 g/mol. The molecule has 25 heavy (non-hydrogen) atoms. The Balaban J connectivity index is 1.47. The summed E-state index contributed by atoms with van der Waals surface area (Å²) >= 11 is 1.44. The number of nitrogens with zero attached hydrogens (tertiary/aromatic N) is 2. The Bertz CT molecular complexity index is 895. The lowest BCUT2D eigenvalue weighted by Crippen LogP contribution is -2.18. The quantitative estimate of drug-likeness (QED) is 0.668. The molecule has 0 unspecified atom stereocenters. The second-order valence-corrected chi connectivity index (χ2v) is 7.59.